The summed E-state index contributed by atoms with van der Waals surface area (Å²) in [6, 6.07) is 7.59. The molecule has 1 atom stereocenters. The van der Waals surface area contributed by atoms with Crippen molar-refractivity contribution in [3.63, 3.8) is 0 Å². The number of carbonyl (C=O) groups is 1. The number of nitrogens with zero attached hydrogens (tertiary/aromatic N) is 4. The largest absolute Gasteiger partial charge is 0.472 e. The number of aromatic amines is 1. The molecule has 0 aliphatic carbocycles. The molecule has 1 aliphatic rings. The fourth-order valence-corrected chi connectivity index (χ4v) is 3.43. The maximum atomic E-state index is 12.7. The lowest BCUT2D eigenvalue weighted by Crippen LogP contribution is -2.31. The molecule has 0 spiro atoms. The first-order valence-electron chi connectivity index (χ1n) is 8.46. The van der Waals surface area contributed by atoms with Crippen LogP contribution in [0.15, 0.2) is 47.5 Å². The van der Waals surface area contributed by atoms with Crippen LogP contribution in [0.1, 0.15) is 12.2 Å². The highest BCUT2D eigenvalue weighted by Crippen LogP contribution is 2.29. The van der Waals surface area contributed by atoms with E-state index in [2.05, 4.69) is 25.7 Å². The van der Waals surface area contributed by atoms with Crippen LogP contribution < -0.4 is 5.32 Å². The Hall–Kier alpha value is -3.42. The van der Waals surface area contributed by atoms with Crippen molar-refractivity contribution in [2.24, 2.45) is 5.92 Å². The molecule has 3 aromatic heterocycles. The average molecular weight is 348 g/mol. The number of carbonyl (C=O) groups excluding carboxylic acids is 1. The molecule has 26 heavy (non-hydrogen) atoms. The summed E-state index contributed by atoms with van der Waals surface area (Å²) < 4.78 is 7.10. The predicted octanol–water partition coefficient (Wildman–Crippen LogP) is 2.62. The molecule has 8 heteroatoms. The van der Waals surface area contributed by atoms with Crippen LogP contribution in [0.3, 0.4) is 0 Å². The molecule has 0 saturated carbocycles. The van der Waals surface area contributed by atoms with Gasteiger partial charge in [0.15, 0.2) is 0 Å². The van der Waals surface area contributed by atoms with E-state index in [1.165, 1.54) is 0 Å². The van der Waals surface area contributed by atoms with Crippen LogP contribution >= 0.6 is 0 Å². The number of rotatable bonds is 3. The number of aromatic nitrogens is 5. The van der Waals surface area contributed by atoms with Gasteiger partial charge in [0.25, 0.3) is 0 Å². The van der Waals surface area contributed by atoms with E-state index in [0.717, 1.165) is 46.5 Å². The topological polar surface area (TPSA) is 102 Å². The number of furan rings is 1. The third-order valence-electron chi connectivity index (χ3n) is 4.83. The third-order valence-corrected chi connectivity index (χ3v) is 4.83. The maximum absolute atomic E-state index is 12.7. The molecule has 4 aromatic rings. The molecular formula is C18H16N6O2. The van der Waals surface area contributed by atoms with E-state index in [0.29, 0.717) is 6.54 Å². The third kappa shape index (κ3) is 2.46. The molecule has 0 fully saturated rings. The normalized spacial score (nSPS) is 16.5. The van der Waals surface area contributed by atoms with Crippen molar-refractivity contribution >= 4 is 22.5 Å². The Balaban J connectivity index is 1.39. The highest BCUT2D eigenvalue weighted by atomic mass is 16.3. The van der Waals surface area contributed by atoms with Crippen molar-refractivity contribution < 1.29 is 9.21 Å². The number of H-pyrrole nitrogens is 1. The predicted molar refractivity (Wildman–Crippen MR) is 94.3 cm³/mol. The number of benzene rings is 1. The number of hydrogen-bond acceptors (Lipinski definition) is 5. The molecular weight excluding hydrogens is 332 g/mol. The molecule has 0 radical (unpaired) electrons. The van der Waals surface area contributed by atoms with E-state index in [1.807, 2.05) is 28.8 Å². The van der Waals surface area contributed by atoms with E-state index >= 15 is 0 Å². The zero-order valence-electron chi connectivity index (χ0n) is 13.8. The Morgan fingerprint density at radius 1 is 1.35 bits per heavy atom. The van der Waals surface area contributed by atoms with Crippen molar-refractivity contribution in [1.29, 1.82) is 0 Å². The minimum Gasteiger partial charge on any atom is -0.472 e. The summed E-state index contributed by atoms with van der Waals surface area (Å²) >= 11 is 0. The molecule has 5 rings (SSSR count). The Bertz CT molecular complexity index is 1080. The van der Waals surface area contributed by atoms with Crippen LogP contribution in [0, 0.1) is 5.92 Å². The Morgan fingerprint density at radius 3 is 3.19 bits per heavy atom. The zero-order chi connectivity index (χ0) is 17.5. The number of nitrogens with one attached hydrogen (secondary N) is 2. The van der Waals surface area contributed by atoms with Gasteiger partial charge in [-0.05, 0) is 30.7 Å². The molecule has 0 unspecified atom stereocenters. The number of hydrogen-bond donors (Lipinski definition) is 2. The number of aryl methyl sites for hydroxylation is 1. The molecule has 0 saturated heterocycles. The number of anilines is 1. The lowest BCUT2D eigenvalue weighted by Gasteiger charge is -2.22. The second-order valence-corrected chi connectivity index (χ2v) is 6.47. The quantitative estimate of drug-likeness (QED) is 0.592. The number of amides is 1. The van der Waals surface area contributed by atoms with Crippen molar-refractivity contribution in [3.8, 4) is 11.3 Å². The minimum atomic E-state index is -0.0908. The lowest BCUT2D eigenvalue weighted by atomic mass is 9.98. The Kier molecular flexibility index (Phi) is 3.34. The van der Waals surface area contributed by atoms with Crippen molar-refractivity contribution in [3.05, 3.63) is 48.9 Å². The van der Waals surface area contributed by atoms with Gasteiger partial charge < -0.3 is 14.3 Å². The molecule has 2 N–H and O–H groups in total. The standard InChI is InChI=1S/C18H16N6O2/c25-18(11-1-4-16-22-19-10-24(16)8-11)20-13-2-3-15-14(7-13)17(23-21-15)12-5-6-26-9-12/h2-3,5-7,9-11H,1,4,8H2,(H,20,25)(H,21,23)/t11-/m0/s1. The van der Waals surface area contributed by atoms with Gasteiger partial charge in [0.05, 0.1) is 24.0 Å². The molecule has 130 valence electrons. The summed E-state index contributed by atoms with van der Waals surface area (Å²) in [6.07, 6.45) is 6.50. The van der Waals surface area contributed by atoms with Gasteiger partial charge in [-0.25, -0.2) is 0 Å². The van der Waals surface area contributed by atoms with Gasteiger partial charge in [0.1, 0.15) is 17.8 Å². The summed E-state index contributed by atoms with van der Waals surface area (Å²) in [5.74, 6) is 0.863. The Morgan fingerprint density at radius 2 is 2.31 bits per heavy atom. The SMILES string of the molecule is O=C(Nc1ccc2[nH]nc(-c3ccoc3)c2c1)[C@H]1CCc2nncn2C1. The highest BCUT2D eigenvalue weighted by molar-refractivity contribution is 5.98. The van der Waals surface area contributed by atoms with E-state index in [4.69, 9.17) is 4.42 Å². The van der Waals surface area contributed by atoms with Gasteiger partial charge in [0, 0.05) is 29.6 Å². The van der Waals surface area contributed by atoms with Gasteiger partial charge in [-0.3, -0.25) is 9.89 Å². The van der Waals surface area contributed by atoms with Crippen LogP contribution in [0.5, 0.6) is 0 Å². The minimum absolute atomic E-state index is 0.0112. The van der Waals surface area contributed by atoms with E-state index in [-0.39, 0.29) is 11.8 Å². The summed E-state index contributed by atoms with van der Waals surface area (Å²) in [5.41, 5.74) is 3.36. The zero-order valence-corrected chi connectivity index (χ0v) is 13.8. The van der Waals surface area contributed by atoms with E-state index < -0.39 is 0 Å². The second kappa shape index (κ2) is 5.83. The monoisotopic (exact) mass is 348 g/mol. The second-order valence-electron chi connectivity index (χ2n) is 6.47. The van der Waals surface area contributed by atoms with Gasteiger partial charge in [-0.1, -0.05) is 0 Å². The number of fused-ring (bicyclic) bond motifs is 2. The fourth-order valence-electron chi connectivity index (χ4n) is 3.43. The summed E-state index contributed by atoms with van der Waals surface area (Å²) in [5, 5.41) is 19.3. The summed E-state index contributed by atoms with van der Waals surface area (Å²) in [4.78, 5) is 12.7. The molecule has 1 aliphatic heterocycles. The summed E-state index contributed by atoms with van der Waals surface area (Å²) in [7, 11) is 0. The van der Waals surface area contributed by atoms with Gasteiger partial charge in [-0.15, -0.1) is 10.2 Å². The van der Waals surface area contributed by atoms with Crippen LogP contribution in [-0.2, 0) is 17.8 Å². The fraction of sp³-hybridized carbons (Fsp3) is 0.222. The first-order chi connectivity index (χ1) is 12.8. The Labute approximate surface area is 148 Å². The highest BCUT2D eigenvalue weighted by Gasteiger charge is 2.25. The first kappa shape index (κ1) is 14.9. The molecule has 4 heterocycles. The van der Waals surface area contributed by atoms with Crippen LogP contribution in [-0.4, -0.2) is 30.9 Å². The van der Waals surface area contributed by atoms with Crippen LogP contribution in [0.2, 0.25) is 0 Å². The molecule has 1 amide bonds. The lowest BCUT2D eigenvalue weighted by molar-refractivity contribution is -0.120. The summed E-state index contributed by atoms with van der Waals surface area (Å²) in [6.45, 7) is 0.613. The van der Waals surface area contributed by atoms with Crippen LogP contribution in [0.25, 0.3) is 22.2 Å². The van der Waals surface area contributed by atoms with Crippen molar-refractivity contribution in [2.45, 2.75) is 19.4 Å². The molecule has 8 nitrogen and oxygen atoms in total. The van der Waals surface area contributed by atoms with Gasteiger partial charge in [0.2, 0.25) is 5.91 Å². The maximum Gasteiger partial charge on any atom is 0.229 e. The van der Waals surface area contributed by atoms with E-state index in [9.17, 15) is 4.79 Å². The van der Waals surface area contributed by atoms with Gasteiger partial charge >= 0.3 is 0 Å². The van der Waals surface area contributed by atoms with Crippen molar-refractivity contribution in [2.75, 3.05) is 5.32 Å². The van der Waals surface area contributed by atoms with Crippen LogP contribution in [0.4, 0.5) is 5.69 Å². The average Bonchev–Trinajstić information content (AvgIpc) is 3.40. The molecule has 0 bridgehead atoms. The van der Waals surface area contributed by atoms with E-state index in [1.54, 1.807) is 18.9 Å². The smallest absolute Gasteiger partial charge is 0.229 e. The molecule has 1 aromatic carbocycles. The first-order valence-corrected chi connectivity index (χ1v) is 8.46. The van der Waals surface area contributed by atoms with Crippen molar-refractivity contribution in [1.82, 2.24) is 25.0 Å². The van der Waals surface area contributed by atoms with Gasteiger partial charge in [-0.2, -0.15) is 5.10 Å².